The Labute approximate surface area is 145 Å². The predicted molar refractivity (Wildman–Crippen MR) is 101 cm³/mol. The second kappa shape index (κ2) is 5.92. The van der Waals surface area contributed by atoms with Crippen LogP contribution in [0.3, 0.4) is 0 Å². The van der Waals surface area contributed by atoms with Gasteiger partial charge in [0.05, 0.1) is 7.11 Å². The third-order valence-corrected chi connectivity index (χ3v) is 4.70. The highest BCUT2D eigenvalue weighted by atomic mass is 16.5. The lowest BCUT2D eigenvalue weighted by molar-refractivity contribution is 0.170. The van der Waals surface area contributed by atoms with Crippen molar-refractivity contribution >= 4 is 16.6 Å². The number of piperidine rings is 1. The molecule has 1 aromatic carbocycles. The first-order valence-corrected chi connectivity index (χ1v) is 8.69. The van der Waals surface area contributed by atoms with E-state index in [0.29, 0.717) is 6.04 Å². The standard InChI is InChI=1S/C20H29N3O/c1-13-10-16(15-8-7-9-17(24-6)18(15)21-13)22-14-11-19(2,3)23-20(4,5)12-14/h7-10,14,23H,11-12H2,1-6H3,(H,21,22). The topological polar surface area (TPSA) is 46.2 Å². The number of nitrogens with one attached hydrogen (secondary N) is 2. The Hall–Kier alpha value is -1.81. The summed E-state index contributed by atoms with van der Waals surface area (Å²) < 4.78 is 5.49. The van der Waals surface area contributed by atoms with Crippen molar-refractivity contribution in [2.45, 2.75) is 64.6 Å². The zero-order chi connectivity index (χ0) is 17.5. The van der Waals surface area contributed by atoms with Gasteiger partial charge in [0.15, 0.2) is 0 Å². The van der Waals surface area contributed by atoms with Gasteiger partial charge in [-0.25, -0.2) is 4.98 Å². The van der Waals surface area contributed by atoms with Crippen LogP contribution in [-0.4, -0.2) is 29.2 Å². The normalized spacial score (nSPS) is 20.1. The monoisotopic (exact) mass is 327 g/mol. The van der Waals surface area contributed by atoms with Crippen molar-refractivity contribution in [3.8, 4) is 5.75 Å². The van der Waals surface area contributed by atoms with E-state index in [1.165, 1.54) is 0 Å². The zero-order valence-corrected chi connectivity index (χ0v) is 15.7. The van der Waals surface area contributed by atoms with Gasteiger partial charge in [0.25, 0.3) is 0 Å². The summed E-state index contributed by atoms with van der Waals surface area (Å²) in [6.45, 7) is 11.2. The molecule has 4 heteroatoms. The Morgan fingerprint density at radius 3 is 2.46 bits per heavy atom. The van der Waals surface area contributed by atoms with Crippen LogP contribution in [0.1, 0.15) is 46.2 Å². The molecule has 1 aromatic heterocycles. The molecule has 0 radical (unpaired) electrons. The molecule has 1 saturated heterocycles. The number of pyridine rings is 1. The summed E-state index contributed by atoms with van der Waals surface area (Å²) in [5.41, 5.74) is 3.32. The van der Waals surface area contributed by atoms with Gasteiger partial charge in [-0.1, -0.05) is 12.1 Å². The fraction of sp³-hybridized carbons (Fsp3) is 0.550. The number of aryl methyl sites for hydroxylation is 1. The summed E-state index contributed by atoms with van der Waals surface area (Å²) >= 11 is 0. The highest BCUT2D eigenvalue weighted by Gasteiger charge is 2.37. The SMILES string of the molecule is COc1cccc2c(NC3CC(C)(C)NC(C)(C)C3)cc(C)nc12. The minimum atomic E-state index is 0.120. The van der Waals surface area contributed by atoms with E-state index in [2.05, 4.69) is 55.4 Å². The number of para-hydroxylation sites is 1. The fourth-order valence-corrected chi connectivity index (χ4v) is 4.28. The fourth-order valence-electron chi connectivity index (χ4n) is 4.28. The van der Waals surface area contributed by atoms with Crippen molar-refractivity contribution in [2.75, 3.05) is 12.4 Å². The van der Waals surface area contributed by atoms with Crippen molar-refractivity contribution in [2.24, 2.45) is 0 Å². The minimum absolute atomic E-state index is 0.120. The summed E-state index contributed by atoms with van der Waals surface area (Å²) in [5.74, 6) is 0.824. The molecule has 2 aromatic rings. The number of rotatable bonds is 3. The zero-order valence-electron chi connectivity index (χ0n) is 15.7. The Morgan fingerprint density at radius 2 is 1.83 bits per heavy atom. The first-order chi connectivity index (χ1) is 11.2. The Bertz CT molecular complexity index is 736. The van der Waals surface area contributed by atoms with Gasteiger partial charge in [-0.2, -0.15) is 0 Å². The Morgan fingerprint density at radius 1 is 1.17 bits per heavy atom. The maximum Gasteiger partial charge on any atom is 0.145 e. The van der Waals surface area contributed by atoms with Crippen LogP contribution in [-0.2, 0) is 0 Å². The molecular weight excluding hydrogens is 298 g/mol. The second-order valence-corrected chi connectivity index (χ2v) is 8.31. The highest BCUT2D eigenvalue weighted by molar-refractivity contribution is 5.95. The lowest BCUT2D eigenvalue weighted by Crippen LogP contribution is -2.60. The molecule has 2 N–H and O–H groups in total. The van der Waals surface area contributed by atoms with Gasteiger partial charge in [0, 0.05) is 33.9 Å². The number of nitrogens with zero attached hydrogens (tertiary/aromatic N) is 1. The Kier molecular flexibility index (Phi) is 4.20. The molecule has 0 atom stereocenters. The first-order valence-electron chi connectivity index (χ1n) is 8.69. The number of ether oxygens (including phenoxy) is 1. The first kappa shape index (κ1) is 17.0. The van der Waals surface area contributed by atoms with E-state index in [1.807, 2.05) is 19.1 Å². The van der Waals surface area contributed by atoms with Gasteiger partial charge < -0.3 is 15.4 Å². The largest absolute Gasteiger partial charge is 0.494 e. The molecule has 1 fully saturated rings. The molecule has 4 nitrogen and oxygen atoms in total. The number of benzene rings is 1. The van der Waals surface area contributed by atoms with E-state index < -0.39 is 0 Å². The third kappa shape index (κ3) is 3.48. The number of hydrogen-bond donors (Lipinski definition) is 2. The van der Waals surface area contributed by atoms with Gasteiger partial charge in [0.1, 0.15) is 11.3 Å². The van der Waals surface area contributed by atoms with Crippen LogP contribution in [0.25, 0.3) is 10.9 Å². The summed E-state index contributed by atoms with van der Waals surface area (Å²) in [6.07, 6.45) is 2.17. The van der Waals surface area contributed by atoms with Gasteiger partial charge in [-0.3, -0.25) is 0 Å². The molecule has 0 amide bonds. The van der Waals surface area contributed by atoms with Crippen LogP contribution in [0.4, 0.5) is 5.69 Å². The quantitative estimate of drug-likeness (QED) is 0.883. The van der Waals surface area contributed by atoms with E-state index in [-0.39, 0.29) is 11.1 Å². The van der Waals surface area contributed by atoms with Crippen molar-refractivity contribution in [1.82, 2.24) is 10.3 Å². The van der Waals surface area contributed by atoms with Crippen LogP contribution >= 0.6 is 0 Å². The average Bonchev–Trinajstić information content (AvgIpc) is 2.43. The smallest absolute Gasteiger partial charge is 0.145 e. The second-order valence-electron chi connectivity index (χ2n) is 8.31. The molecule has 0 bridgehead atoms. The third-order valence-electron chi connectivity index (χ3n) is 4.70. The van der Waals surface area contributed by atoms with E-state index in [1.54, 1.807) is 7.11 Å². The van der Waals surface area contributed by atoms with Crippen LogP contribution in [0.15, 0.2) is 24.3 Å². The molecular formula is C20H29N3O. The van der Waals surface area contributed by atoms with Crippen LogP contribution in [0.2, 0.25) is 0 Å². The average molecular weight is 327 g/mol. The number of hydrogen-bond acceptors (Lipinski definition) is 4. The lowest BCUT2D eigenvalue weighted by atomic mass is 9.79. The van der Waals surface area contributed by atoms with Crippen molar-refractivity contribution in [1.29, 1.82) is 0 Å². The molecule has 0 aliphatic carbocycles. The number of methoxy groups -OCH3 is 1. The van der Waals surface area contributed by atoms with Gasteiger partial charge >= 0.3 is 0 Å². The number of aromatic nitrogens is 1. The highest BCUT2D eigenvalue weighted by Crippen LogP contribution is 2.34. The summed E-state index contributed by atoms with van der Waals surface area (Å²) in [6, 6.07) is 8.68. The maximum absolute atomic E-state index is 5.49. The van der Waals surface area contributed by atoms with Crippen molar-refractivity contribution in [3.05, 3.63) is 30.0 Å². The lowest BCUT2D eigenvalue weighted by Gasteiger charge is -2.47. The maximum atomic E-state index is 5.49. The number of anilines is 1. The van der Waals surface area contributed by atoms with Gasteiger partial charge in [0.2, 0.25) is 0 Å². The van der Waals surface area contributed by atoms with Crippen molar-refractivity contribution in [3.63, 3.8) is 0 Å². The summed E-state index contributed by atoms with van der Waals surface area (Å²) in [7, 11) is 1.70. The van der Waals surface area contributed by atoms with Crippen LogP contribution < -0.4 is 15.4 Å². The number of fused-ring (bicyclic) bond motifs is 1. The molecule has 0 spiro atoms. The van der Waals surface area contributed by atoms with E-state index in [9.17, 15) is 0 Å². The van der Waals surface area contributed by atoms with Crippen LogP contribution in [0, 0.1) is 6.92 Å². The van der Waals surface area contributed by atoms with Crippen LogP contribution in [0.5, 0.6) is 5.75 Å². The Balaban J connectivity index is 1.98. The molecule has 1 aliphatic heterocycles. The molecule has 1 aliphatic rings. The molecule has 2 heterocycles. The molecule has 24 heavy (non-hydrogen) atoms. The molecule has 3 rings (SSSR count). The van der Waals surface area contributed by atoms with Gasteiger partial charge in [-0.15, -0.1) is 0 Å². The summed E-state index contributed by atoms with van der Waals surface area (Å²) in [5, 5.41) is 8.65. The predicted octanol–water partition coefficient (Wildman–Crippen LogP) is 4.27. The van der Waals surface area contributed by atoms with Crippen molar-refractivity contribution < 1.29 is 4.74 Å². The van der Waals surface area contributed by atoms with E-state index in [4.69, 9.17) is 4.74 Å². The van der Waals surface area contributed by atoms with Gasteiger partial charge in [-0.05, 0) is 59.6 Å². The summed E-state index contributed by atoms with van der Waals surface area (Å²) in [4.78, 5) is 4.68. The minimum Gasteiger partial charge on any atom is -0.494 e. The molecule has 0 unspecified atom stereocenters. The van der Waals surface area contributed by atoms with E-state index in [0.717, 1.165) is 40.9 Å². The molecule has 130 valence electrons. The van der Waals surface area contributed by atoms with E-state index >= 15 is 0 Å². The molecule has 0 saturated carbocycles.